The molecule has 0 aliphatic carbocycles. The first-order valence-electron chi connectivity index (χ1n) is 8.35. The van der Waals surface area contributed by atoms with Crippen molar-refractivity contribution in [1.82, 2.24) is 19.8 Å². The summed E-state index contributed by atoms with van der Waals surface area (Å²) in [7, 11) is 3.29. The molecule has 2 aromatic carbocycles. The first kappa shape index (κ1) is 17.3. The van der Waals surface area contributed by atoms with Gasteiger partial charge in [-0.1, -0.05) is 29.5 Å². The molecule has 0 unspecified atom stereocenters. The van der Waals surface area contributed by atoms with E-state index in [4.69, 9.17) is 14.2 Å². The van der Waals surface area contributed by atoms with Gasteiger partial charge in [0.2, 0.25) is 4.96 Å². The maximum absolute atomic E-state index is 5.81. The number of benzene rings is 2. The fraction of sp³-hybridized carbons (Fsp3) is 0.211. The molecule has 27 heavy (non-hydrogen) atoms. The summed E-state index contributed by atoms with van der Waals surface area (Å²) in [5, 5.41) is 13.9. The molecule has 0 aliphatic rings. The van der Waals surface area contributed by atoms with E-state index in [1.54, 1.807) is 18.7 Å². The topological polar surface area (TPSA) is 70.8 Å². The summed E-state index contributed by atoms with van der Waals surface area (Å²) >= 11 is 1.47. The summed E-state index contributed by atoms with van der Waals surface area (Å²) < 4.78 is 18.0. The summed E-state index contributed by atoms with van der Waals surface area (Å²) in [4.78, 5) is 0.753. The average molecular weight is 382 g/mol. The van der Waals surface area contributed by atoms with E-state index in [9.17, 15) is 0 Å². The second-order valence-electron chi connectivity index (χ2n) is 5.80. The van der Waals surface area contributed by atoms with Gasteiger partial charge >= 0.3 is 0 Å². The van der Waals surface area contributed by atoms with Gasteiger partial charge in [-0.2, -0.15) is 9.61 Å². The van der Waals surface area contributed by atoms with Crippen LogP contribution in [-0.4, -0.2) is 34.0 Å². The number of fused-ring (bicyclic) bond motifs is 1. The minimum atomic E-state index is 0.364. The molecular weight excluding hydrogens is 364 g/mol. The monoisotopic (exact) mass is 382 g/mol. The van der Waals surface area contributed by atoms with Crippen molar-refractivity contribution in [3.63, 3.8) is 0 Å². The van der Waals surface area contributed by atoms with Crippen LogP contribution in [0.4, 0.5) is 0 Å². The Bertz CT molecular complexity index is 1040. The zero-order valence-electron chi connectivity index (χ0n) is 15.0. The number of nitrogens with zero attached hydrogens (tertiary/aromatic N) is 4. The summed E-state index contributed by atoms with van der Waals surface area (Å²) in [6.07, 6.45) is 0.644. The highest BCUT2D eigenvalue weighted by Gasteiger charge is 2.13. The summed E-state index contributed by atoms with van der Waals surface area (Å²) in [6, 6.07) is 15.4. The van der Waals surface area contributed by atoms with Gasteiger partial charge in [0.05, 0.1) is 14.2 Å². The Morgan fingerprint density at radius 2 is 1.70 bits per heavy atom. The van der Waals surface area contributed by atoms with Gasteiger partial charge in [0.15, 0.2) is 10.8 Å². The second-order valence-corrected chi connectivity index (χ2v) is 6.84. The van der Waals surface area contributed by atoms with Crippen molar-refractivity contribution in [2.24, 2.45) is 0 Å². The number of hydrogen-bond acceptors (Lipinski definition) is 7. The van der Waals surface area contributed by atoms with Crippen molar-refractivity contribution >= 4 is 16.3 Å². The van der Waals surface area contributed by atoms with Crippen molar-refractivity contribution in [2.45, 2.75) is 13.0 Å². The van der Waals surface area contributed by atoms with Crippen LogP contribution in [0.15, 0.2) is 48.5 Å². The molecule has 2 aromatic heterocycles. The molecule has 7 nitrogen and oxygen atoms in total. The van der Waals surface area contributed by atoms with E-state index in [1.165, 1.54) is 11.3 Å². The van der Waals surface area contributed by atoms with Gasteiger partial charge in [0.1, 0.15) is 23.9 Å². The molecule has 0 spiro atoms. The van der Waals surface area contributed by atoms with Crippen LogP contribution in [0.2, 0.25) is 0 Å². The van der Waals surface area contributed by atoms with E-state index in [-0.39, 0.29) is 0 Å². The molecule has 0 saturated heterocycles. The molecule has 0 atom stereocenters. The van der Waals surface area contributed by atoms with Gasteiger partial charge in [-0.05, 0) is 29.8 Å². The first-order chi connectivity index (χ1) is 13.2. The lowest BCUT2D eigenvalue weighted by Gasteiger charge is -2.05. The normalized spacial score (nSPS) is 10.9. The molecule has 2 heterocycles. The third kappa shape index (κ3) is 3.85. The lowest BCUT2D eigenvalue weighted by atomic mass is 10.1. The maximum Gasteiger partial charge on any atom is 0.234 e. The van der Waals surface area contributed by atoms with Gasteiger partial charge in [-0.3, -0.25) is 0 Å². The average Bonchev–Trinajstić information content (AvgIpc) is 3.28. The van der Waals surface area contributed by atoms with Crippen LogP contribution in [-0.2, 0) is 13.0 Å². The highest BCUT2D eigenvalue weighted by atomic mass is 32.1. The molecule has 4 aromatic rings. The molecule has 0 saturated carbocycles. The summed E-state index contributed by atoms with van der Waals surface area (Å²) in [5.74, 6) is 3.11. The van der Waals surface area contributed by atoms with E-state index in [1.807, 2.05) is 48.5 Å². The summed E-state index contributed by atoms with van der Waals surface area (Å²) in [6.45, 7) is 0.364. The largest absolute Gasteiger partial charge is 0.497 e. The van der Waals surface area contributed by atoms with Gasteiger partial charge in [0, 0.05) is 12.5 Å². The van der Waals surface area contributed by atoms with Crippen LogP contribution in [0.3, 0.4) is 0 Å². The SMILES string of the molecule is COc1ccc(Cc2nnc3sc(COc4cccc(OC)c4)nn23)cc1. The Kier molecular flexibility index (Phi) is 4.88. The Morgan fingerprint density at radius 3 is 2.48 bits per heavy atom. The molecule has 4 rings (SSSR count). The summed E-state index contributed by atoms with van der Waals surface area (Å²) in [5.41, 5.74) is 1.12. The Morgan fingerprint density at radius 1 is 0.926 bits per heavy atom. The molecule has 8 heteroatoms. The fourth-order valence-electron chi connectivity index (χ4n) is 2.63. The number of aromatic nitrogens is 4. The van der Waals surface area contributed by atoms with Crippen molar-refractivity contribution in [1.29, 1.82) is 0 Å². The minimum Gasteiger partial charge on any atom is -0.497 e. The van der Waals surface area contributed by atoms with Crippen LogP contribution in [0.5, 0.6) is 17.2 Å². The molecule has 0 N–H and O–H groups in total. The van der Waals surface area contributed by atoms with Gasteiger partial charge in [-0.25, -0.2) is 0 Å². The third-order valence-electron chi connectivity index (χ3n) is 4.02. The maximum atomic E-state index is 5.81. The van der Waals surface area contributed by atoms with Crippen LogP contribution < -0.4 is 14.2 Å². The van der Waals surface area contributed by atoms with E-state index in [0.717, 1.165) is 38.6 Å². The molecule has 0 fully saturated rings. The predicted molar refractivity (Wildman–Crippen MR) is 102 cm³/mol. The zero-order valence-corrected chi connectivity index (χ0v) is 15.8. The van der Waals surface area contributed by atoms with Crippen LogP contribution in [0.1, 0.15) is 16.4 Å². The van der Waals surface area contributed by atoms with Crippen molar-refractivity contribution < 1.29 is 14.2 Å². The molecule has 0 aliphatic heterocycles. The van der Waals surface area contributed by atoms with E-state index in [0.29, 0.717) is 13.0 Å². The smallest absolute Gasteiger partial charge is 0.234 e. The molecule has 0 radical (unpaired) electrons. The second kappa shape index (κ2) is 7.63. The molecule has 138 valence electrons. The number of rotatable bonds is 7. The number of hydrogen-bond donors (Lipinski definition) is 0. The van der Waals surface area contributed by atoms with E-state index >= 15 is 0 Å². The van der Waals surface area contributed by atoms with Gasteiger partial charge < -0.3 is 14.2 Å². The fourth-order valence-corrected chi connectivity index (χ4v) is 3.39. The zero-order chi connectivity index (χ0) is 18.6. The van der Waals surface area contributed by atoms with Crippen molar-refractivity contribution in [3.05, 3.63) is 64.9 Å². The Balaban J connectivity index is 1.47. The molecule has 0 amide bonds. The van der Waals surface area contributed by atoms with E-state index in [2.05, 4.69) is 15.3 Å². The predicted octanol–water partition coefficient (Wildman–Crippen LogP) is 3.37. The molecular formula is C19H18N4O3S. The van der Waals surface area contributed by atoms with E-state index < -0.39 is 0 Å². The lowest BCUT2D eigenvalue weighted by molar-refractivity contribution is 0.301. The highest BCUT2D eigenvalue weighted by molar-refractivity contribution is 7.16. The Hall–Kier alpha value is -3.13. The third-order valence-corrected chi connectivity index (χ3v) is 4.89. The minimum absolute atomic E-state index is 0.364. The lowest BCUT2D eigenvalue weighted by Crippen LogP contribution is -2.00. The van der Waals surface area contributed by atoms with Crippen molar-refractivity contribution in [2.75, 3.05) is 14.2 Å². The first-order valence-corrected chi connectivity index (χ1v) is 9.16. The highest BCUT2D eigenvalue weighted by Crippen LogP contribution is 2.22. The van der Waals surface area contributed by atoms with Crippen LogP contribution in [0, 0.1) is 0 Å². The van der Waals surface area contributed by atoms with Gasteiger partial charge in [-0.15, -0.1) is 10.2 Å². The van der Waals surface area contributed by atoms with Crippen molar-refractivity contribution in [3.8, 4) is 17.2 Å². The number of ether oxygens (including phenoxy) is 3. The van der Waals surface area contributed by atoms with Crippen LogP contribution >= 0.6 is 11.3 Å². The standard InChI is InChI=1S/C19H18N4O3S/c1-24-14-8-6-13(7-9-14)10-17-20-21-19-23(17)22-18(27-19)12-26-16-5-3-4-15(11-16)25-2/h3-9,11H,10,12H2,1-2H3. The van der Waals surface area contributed by atoms with Gasteiger partial charge in [0.25, 0.3) is 0 Å². The van der Waals surface area contributed by atoms with Crippen LogP contribution in [0.25, 0.3) is 4.96 Å². The number of methoxy groups -OCH3 is 2. The molecule has 0 bridgehead atoms. The Labute approximate surface area is 160 Å². The quantitative estimate of drug-likeness (QED) is 0.488.